The molecule has 6 heteroatoms. The molecule has 0 atom stereocenters. The van der Waals surface area contributed by atoms with Gasteiger partial charge in [0.15, 0.2) is 17.2 Å². The molecule has 6 nitrogen and oxygen atoms in total. The third kappa shape index (κ3) is 4.46. The first-order chi connectivity index (χ1) is 13.5. The van der Waals surface area contributed by atoms with E-state index >= 15 is 0 Å². The zero-order valence-corrected chi connectivity index (χ0v) is 16.5. The Labute approximate surface area is 164 Å². The highest BCUT2D eigenvalue weighted by Crippen LogP contribution is 2.35. The van der Waals surface area contributed by atoms with E-state index in [-0.39, 0.29) is 5.91 Å². The number of nitrogens with one attached hydrogen (secondary N) is 2. The summed E-state index contributed by atoms with van der Waals surface area (Å²) in [6.07, 6.45) is 3.97. The van der Waals surface area contributed by atoms with Gasteiger partial charge in [-0.05, 0) is 48.4 Å². The molecule has 2 N–H and O–H groups in total. The van der Waals surface area contributed by atoms with Crippen LogP contribution in [0.4, 0.5) is 11.4 Å². The van der Waals surface area contributed by atoms with Crippen LogP contribution in [-0.4, -0.2) is 20.1 Å². The molecule has 0 fully saturated rings. The summed E-state index contributed by atoms with van der Waals surface area (Å²) in [5, 5.41) is 6.22. The first kappa shape index (κ1) is 19.4. The van der Waals surface area contributed by atoms with Crippen molar-refractivity contribution in [3.05, 3.63) is 65.4 Å². The Hall–Kier alpha value is -3.41. The lowest BCUT2D eigenvalue weighted by molar-refractivity contribution is -0.114. The van der Waals surface area contributed by atoms with Crippen LogP contribution in [0.3, 0.4) is 0 Å². The number of methoxy groups -OCH3 is 2. The second kappa shape index (κ2) is 8.52. The highest BCUT2D eigenvalue weighted by atomic mass is 16.5. The minimum Gasteiger partial charge on any atom is -0.493 e. The summed E-state index contributed by atoms with van der Waals surface area (Å²) in [6.45, 7) is 3.96. The topological polar surface area (TPSA) is 68.8 Å². The summed E-state index contributed by atoms with van der Waals surface area (Å²) < 4.78 is 16.7. The molecule has 28 heavy (non-hydrogen) atoms. The van der Waals surface area contributed by atoms with Gasteiger partial charge in [-0.15, -0.1) is 0 Å². The molecule has 146 valence electrons. The largest absolute Gasteiger partial charge is 0.493 e. The lowest BCUT2D eigenvalue weighted by Crippen LogP contribution is -2.11. The van der Waals surface area contributed by atoms with E-state index < -0.39 is 0 Å². The van der Waals surface area contributed by atoms with Crippen LogP contribution in [0.1, 0.15) is 19.4 Å². The highest BCUT2D eigenvalue weighted by molar-refractivity contribution is 5.90. The molecule has 0 unspecified atom stereocenters. The summed E-state index contributed by atoms with van der Waals surface area (Å²) in [7, 11) is 3.14. The molecule has 2 aromatic carbocycles. The van der Waals surface area contributed by atoms with Crippen LogP contribution >= 0.6 is 0 Å². The molecule has 0 radical (unpaired) electrons. The number of ether oxygens (including phenoxy) is 3. The average molecular weight is 380 g/mol. The highest BCUT2D eigenvalue weighted by Gasteiger charge is 2.14. The SMILES string of the molecule is COc1cc(CNc2ccccc2OC2=CC(C)=C2)c(NC(C)=O)cc1OC. The number of rotatable bonds is 8. The van der Waals surface area contributed by atoms with Crippen LogP contribution in [0.2, 0.25) is 0 Å². The zero-order chi connectivity index (χ0) is 20.1. The summed E-state index contributed by atoms with van der Waals surface area (Å²) in [5.41, 5.74) is 3.56. The molecule has 1 amide bonds. The predicted octanol–water partition coefficient (Wildman–Crippen LogP) is 4.50. The van der Waals surface area contributed by atoms with Gasteiger partial charge in [-0.3, -0.25) is 4.79 Å². The molecular weight excluding hydrogens is 356 g/mol. The number of carbonyl (C=O) groups excluding carboxylic acids is 1. The number of hydrogen-bond donors (Lipinski definition) is 2. The lowest BCUT2D eigenvalue weighted by atomic mass is 10.1. The van der Waals surface area contributed by atoms with Crippen LogP contribution in [0.25, 0.3) is 0 Å². The van der Waals surface area contributed by atoms with Crippen molar-refractivity contribution in [2.45, 2.75) is 20.4 Å². The smallest absolute Gasteiger partial charge is 0.221 e. The molecule has 0 heterocycles. The molecule has 0 spiro atoms. The van der Waals surface area contributed by atoms with Gasteiger partial charge in [0.25, 0.3) is 0 Å². The average Bonchev–Trinajstić information content (AvgIpc) is 2.65. The lowest BCUT2D eigenvalue weighted by Gasteiger charge is -2.19. The Balaban J connectivity index is 1.82. The summed E-state index contributed by atoms with van der Waals surface area (Å²) in [4.78, 5) is 11.6. The fourth-order valence-corrected chi connectivity index (χ4v) is 2.89. The summed E-state index contributed by atoms with van der Waals surface area (Å²) in [6, 6.07) is 11.3. The van der Waals surface area contributed by atoms with Crippen molar-refractivity contribution in [3.8, 4) is 17.2 Å². The molecule has 1 aliphatic carbocycles. The normalized spacial score (nSPS) is 12.3. The Morgan fingerprint density at radius 1 is 0.964 bits per heavy atom. The van der Waals surface area contributed by atoms with Gasteiger partial charge in [0.05, 0.1) is 19.9 Å². The fraction of sp³-hybridized carbons (Fsp3) is 0.227. The predicted molar refractivity (Wildman–Crippen MR) is 110 cm³/mol. The van der Waals surface area contributed by atoms with E-state index in [1.54, 1.807) is 20.3 Å². The van der Waals surface area contributed by atoms with E-state index in [0.717, 1.165) is 22.8 Å². The molecule has 3 rings (SSSR count). The van der Waals surface area contributed by atoms with E-state index in [1.165, 1.54) is 12.5 Å². The van der Waals surface area contributed by atoms with Crippen LogP contribution in [0, 0.1) is 0 Å². The second-order valence-electron chi connectivity index (χ2n) is 6.43. The number of amides is 1. The minimum absolute atomic E-state index is 0.156. The van der Waals surface area contributed by atoms with Crippen LogP contribution in [0.5, 0.6) is 17.2 Å². The summed E-state index contributed by atoms with van der Waals surface area (Å²) in [5.74, 6) is 2.56. The molecular formula is C22H24N2O4. The number of allylic oxidation sites excluding steroid dienone is 3. The van der Waals surface area contributed by atoms with Gasteiger partial charge >= 0.3 is 0 Å². The molecule has 0 saturated heterocycles. The Morgan fingerprint density at radius 2 is 1.64 bits per heavy atom. The Kier molecular flexibility index (Phi) is 5.89. The van der Waals surface area contributed by atoms with Gasteiger partial charge in [-0.1, -0.05) is 12.1 Å². The standard InChI is InChI=1S/C22H24N2O4/c1-14-9-17(10-14)28-20-8-6-5-7-18(20)23-13-16-11-21(26-3)22(27-4)12-19(16)24-15(2)25/h5-12,23H,13H2,1-4H3,(H,24,25). The fourth-order valence-electron chi connectivity index (χ4n) is 2.89. The van der Waals surface area contributed by atoms with E-state index in [4.69, 9.17) is 14.2 Å². The minimum atomic E-state index is -0.156. The van der Waals surface area contributed by atoms with Crippen molar-refractivity contribution in [3.63, 3.8) is 0 Å². The molecule has 2 aromatic rings. The molecule has 1 aliphatic rings. The van der Waals surface area contributed by atoms with Crippen LogP contribution in [-0.2, 0) is 11.3 Å². The number of carbonyl (C=O) groups is 1. The molecule has 0 bridgehead atoms. The second-order valence-corrected chi connectivity index (χ2v) is 6.43. The van der Waals surface area contributed by atoms with Gasteiger partial charge in [0.1, 0.15) is 5.76 Å². The molecule has 0 aliphatic heterocycles. The van der Waals surface area contributed by atoms with Crippen molar-refractivity contribution in [2.24, 2.45) is 0 Å². The quantitative estimate of drug-likeness (QED) is 0.706. The van der Waals surface area contributed by atoms with Crippen molar-refractivity contribution in [2.75, 3.05) is 24.9 Å². The third-order valence-electron chi connectivity index (χ3n) is 4.24. The number of benzene rings is 2. The van der Waals surface area contributed by atoms with Gasteiger partial charge in [-0.25, -0.2) is 0 Å². The van der Waals surface area contributed by atoms with Gasteiger partial charge < -0.3 is 24.8 Å². The maximum absolute atomic E-state index is 11.6. The number of anilines is 2. The maximum Gasteiger partial charge on any atom is 0.221 e. The number of hydrogen-bond acceptors (Lipinski definition) is 5. The van der Waals surface area contributed by atoms with Gasteiger partial charge in [-0.2, -0.15) is 0 Å². The van der Waals surface area contributed by atoms with Crippen molar-refractivity contribution in [1.29, 1.82) is 0 Å². The van der Waals surface area contributed by atoms with Gasteiger partial charge in [0, 0.05) is 25.2 Å². The van der Waals surface area contributed by atoms with E-state index in [1.807, 2.05) is 49.4 Å². The summed E-state index contributed by atoms with van der Waals surface area (Å²) >= 11 is 0. The maximum atomic E-state index is 11.6. The Bertz CT molecular complexity index is 948. The van der Waals surface area contributed by atoms with Gasteiger partial charge in [0.2, 0.25) is 5.91 Å². The first-order valence-electron chi connectivity index (χ1n) is 8.93. The van der Waals surface area contributed by atoms with Crippen LogP contribution < -0.4 is 24.8 Å². The van der Waals surface area contributed by atoms with Crippen LogP contribution in [0.15, 0.2) is 59.9 Å². The van der Waals surface area contributed by atoms with E-state index in [0.29, 0.717) is 23.7 Å². The Morgan fingerprint density at radius 3 is 2.29 bits per heavy atom. The molecule has 0 saturated carbocycles. The third-order valence-corrected chi connectivity index (χ3v) is 4.24. The van der Waals surface area contributed by atoms with Crippen molar-refractivity contribution >= 4 is 17.3 Å². The van der Waals surface area contributed by atoms with E-state index in [9.17, 15) is 4.79 Å². The number of para-hydroxylation sites is 2. The van der Waals surface area contributed by atoms with Crippen molar-refractivity contribution < 1.29 is 19.0 Å². The monoisotopic (exact) mass is 380 g/mol. The first-order valence-corrected chi connectivity index (χ1v) is 8.93. The van der Waals surface area contributed by atoms with E-state index in [2.05, 4.69) is 10.6 Å². The zero-order valence-electron chi connectivity index (χ0n) is 16.5. The van der Waals surface area contributed by atoms with Crippen molar-refractivity contribution in [1.82, 2.24) is 0 Å². The molecule has 0 aromatic heterocycles.